The van der Waals surface area contributed by atoms with E-state index in [0.717, 1.165) is 31.5 Å². The number of ether oxygens (including phenoxy) is 1. The standard InChI is InChI=1S/C18H20FNO/c1-21-17-8-7-15(9-16(17)19)11-18(12-20-13-18)10-14-5-3-2-4-6-14/h2-9,20H,10-13H2,1H3. The Morgan fingerprint density at radius 1 is 1.05 bits per heavy atom. The summed E-state index contributed by atoms with van der Waals surface area (Å²) in [6.07, 6.45) is 1.91. The fourth-order valence-electron chi connectivity index (χ4n) is 3.07. The van der Waals surface area contributed by atoms with Crippen molar-refractivity contribution in [1.82, 2.24) is 5.32 Å². The van der Waals surface area contributed by atoms with Crippen LogP contribution in [0.25, 0.3) is 0 Å². The maximum Gasteiger partial charge on any atom is 0.165 e. The second-order valence-corrected chi connectivity index (χ2v) is 5.91. The van der Waals surface area contributed by atoms with E-state index in [9.17, 15) is 4.39 Å². The Labute approximate surface area is 125 Å². The molecule has 0 amide bonds. The molecule has 0 radical (unpaired) electrons. The number of hydrogen-bond acceptors (Lipinski definition) is 2. The molecule has 0 spiro atoms. The van der Waals surface area contributed by atoms with Crippen LogP contribution in [0.1, 0.15) is 11.1 Å². The molecule has 0 saturated carbocycles. The molecule has 1 aliphatic heterocycles. The van der Waals surface area contributed by atoms with E-state index in [0.29, 0.717) is 5.75 Å². The van der Waals surface area contributed by atoms with Gasteiger partial charge in [-0.3, -0.25) is 0 Å². The van der Waals surface area contributed by atoms with Crippen LogP contribution in [0.5, 0.6) is 5.75 Å². The van der Waals surface area contributed by atoms with E-state index in [-0.39, 0.29) is 11.2 Å². The Morgan fingerprint density at radius 2 is 1.76 bits per heavy atom. The zero-order valence-electron chi connectivity index (χ0n) is 12.2. The van der Waals surface area contributed by atoms with Crippen molar-refractivity contribution in [3.05, 3.63) is 65.5 Å². The number of rotatable bonds is 5. The molecule has 1 aliphatic rings. The van der Waals surface area contributed by atoms with E-state index in [2.05, 4.69) is 29.6 Å². The van der Waals surface area contributed by atoms with E-state index in [4.69, 9.17) is 4.74 Å². The molecular weight excluding hydrogens is 265 g/mol. The third-order valence-electron chi connectivity index (χ3n) is 4.22. The Morgan fingerprint density at radius 3 is 2.33 bits per heavy atom. The van der Waals surface area contributed by atoms with Gasteiger partial charge >= 0.3 is 0 Å². The molecule has 1 fully saturated rings. The lowest BCUT2D eigenvalue weighted by Gasteiger charge is -2.43. The third-order valence-corrected chi connectivity index (χ3v) is 4.22. The number of halogens is 1. The van der Waals surface area contributed by atoms with E-state index < -0.39 is 0 Å². The molecule has 2 nitrogen and oxygen atoms in total. The average molecular weight is 285 g/mol. The Bertz CT molecular complexity index is 608. The number of nitrogens with one attached hydrogen (secondary N) is 1. The Balaban J connectivity index is 1.76. The van der Waals surface area contributed by atoms with Gasteiger partial charge in [-0.1, -0.05) is 36.4 Å². The summed E-state index contributed by atoms with van der Waals surface area (Å²) in [6, 6.07) is 15.8. The monoisotopic (exact) mass is 285 g/mol. The smallest absolute Gasteiger partial charge is 0.165 e. The fourth-order valence-corrected chi connectivity index (χ4v) is 3.07. The highest BCUT2D eigenvalue weighted by atomic mass is 19.1. The van der Waals surface area contributed by atoms with Crippen molar-refractivity contribution in [2.75, 3.05) is 20.2 Å². The molecule has 3 heteroatoms. The fraction of sp³-hybridized carbons (Fsp3) is 0.333. The van der Waals surface area contributed by atoms with Crippen LogP contribution in [-0.2, 0) is 12.8 Å². The van der Waals surface area contributed by atoms with Crippen LogP contribution in [-0.4, -0.2) is 20.2 Å². The lowest BCUT2D eigenvalue weighted by molar-refractivity contribution is 0.166. The largest absolute Gasteiger partial charge is 0.494 e. The molecule has 1 saturated heterocycles. The molecule has 0 aromatic heterocycles. The summed E-state index contributed by atoms with van der Waals surface area (Å²) in [5.41, 5.74) is 2.57. The van der Waals surface area contributed by atoms with Gasteiger partial charge in [-0.2, -0.15) is 0 Å². The number of methoxy groups -OCH3 is 1. The topological polar surface area (TPSA) is 21.3 Å². The van der Waals surface area contributed by atoms with Gasteiger partial charge in [0, 0.05) is 18.5 Å². The van der Waals surface area contributed by atoms with Gasteiger partial charge in [0.1, 0.15) is 0 Å². The van der Waals surface area contributed by atoms with Gasteiger partial charge in [0.2, 0.25) is 0 Å². The second kappa shape index (κ2) is 5.86. The molecule has 0 unspecified atom stereocenters. The van der Waals surface area contributed by atoms with Gasteiger partial charge < -0.3 is 10.1 Å². The van der Waals surface area contributed by atoms with E-state index in [1.807, 2.05) is 12.1 Å². The summed E-state index contributed by atoms with van der Waals surface area (Å²) in [5.74, 6) is 0.0275. The SMILES string of the molecule is COc1ccc(CC2(Cc3ccccc3)CNC2)cc1F. The normalized spacial score (nSPS) is 16.3. The minimum Gasteiger partial charge on any atom is -0.494 e. The molecule has 0 bridgehead atoms. The molecule has 2 aromatic carbocycles. The molecular formula is C18H20FNO. The summed E-state index contributed by atoms with van der Waals surface area (Å²) in [5, 5.41) is 3.36. The summed E-state index contributed by atoms with van der Waals surface area (Å²) in [6.45, 7) is 1.96. The minimum absolute atomic E-state index is 0.197. The van der Waals surface area contributed by atoms with Crippen LogP contribution in [0.2, 0.25) is 0 Å². The van der Waals surface area contributed by atoms with Crippen LogP contribution >= 0.6 is 0 Å². The van der Waals surface area contributed by atoms with Crippen molar-refractivity contribution in [1.29, 1.82) is 0 Å². The van der Waals surface area contributed by atoms with Crippen LogP contribution < -0.4 is 10.1 Å². The van der Waals surface area contributed by atoms with Gasteiger partial charge in [-0.05, 0) is 36.1 Å². The lowest BCUT2D eigenvalue weighted by Crippen LogP contribution is -2.56. The molecule has 0 atom stereocenters. The highest BCUT2D eigenvalue weighted by molar-refractivity contribution is 5.31. The summed E-state index contributed by atoms with van der Waals surface area (Å²) in [7, 11) is 1.49. The maximum absolute atomic E-state index is 13.8. The molecule has 110 valence electrons. The van der Waals surface area contributed by atoms with Gasteiger partial charge in [0.25, 0.3) is 0 Å². The van der Waals surface area contributed by atoms with Gasteiger partial charge in [-0.15, -0.1) is 0 Å². The molecule has 1 heterocycles. The van der Waals surface area contributed by atoms with Crippen molar-refractivity contribution >= 4 is 0 Å². The predicted octanol–water partition coefficient (Wildman–Crippen LogP) is 3.21. The van der Waals surface area contributed by atoms with Crippen LogP contribution in [0.15, 0.2) is 48.5 Å². The van der Waals surface area contributed by atoms with Crippen LogP contribution in [0, 0.1) is 11.2 Å². The zero-order chi connectivity index (χ0) is 14.7. The van der Waals surface area contributed by atoms with Crippen molar-refractivity contribution in [2.24, 2.45) is 5.41 Å². The summed E-state index contributed by atoms with van der Waals surface area (Å²) >= 11 is 0. The van der Waals surface area contributed by atoms with Crippen LogP contribution in [0.4, 0.5) is 4.39 Å². The summed E-state index contributed by atoms with van der Waals surface area (Å²) < 4.78 is 18.8. The first kappa shape index (κ1) is 14.1. The molecule has 21 heavy (non-hydrogen) atoms. The summed E-state index contributed by atoms with van der Waals surface area (Å²) in [4.78, 5) is 0. The number of benzene rings is 2. The number of hydrogen-bond donors (Lipinski definition) is 1. The van der Waals surface area contributed by atoms with E-state index >= 15 is 0 Å². The van der Waals surface area contributed by atoms with Crippen molar-refractivity contribution in [2.45, 2.75) is 12.8 Å². The molecule has 2 aromatic rings. The third kappa shape index (κ3) is 3.08. The lowest BCUT2D eigenvalue weighted by atomic mass is 9.72. The Kier molecular flexibility index (Phi) is 3.93. The van der Waals surface area contributed by atoms with Gasteiger partial charge in [0.05, 0.1) is 7.11 Å². The van der Waals surface area contributed by atoms with Crippen molar-refractivity contribution in [3.8, 4) is 5.75 Å². The van der Waals surface area contributed by atoms with Gasteiger partial charge in [0.15, 0.2) is 11.6 Å². The highest BCUT2D eigenvalue weighted by Gasteiger charge is 2.37. The minimum atomic E-state index is -0.280. The average Bonchev–Trinajstić information content (AvgIpc) is 2.46. The Hall–Kier alpha value is -1.87. The van der Waals surface area contributed by atoms with Crippen molar-refractivity contribution in [3.63, 3.8) is 0 Å². The van der Waals surface area contributed by atoms with Crippen molar-refractivity contribution < 1.29 is 9.13 Å². The maximum atomic E-state index is 13.8. The zero-order valence-corrected chi connectivity index (χ0v) is 12.2. The first-order valence-electron chi connectivity index (χ1n) is 7.28. The molecule has 0 aliphatic carbocycles. The predicted molar refractivity (Wildman–Crippen MR) is 82.1 cm³/mol. The second-order valence-electron chi connectivity index (χ2n) is 5.91. The molecule has 3 rings (SSSR count). The first-order valence-corrected chi connectivity index (χ1v) is 7.28. The molecule has 1 N–H and O–H groups in total. The van der Waals surface area contributed by atoms with Crippen LogP contribution in [0.3, 0.4) is 0 Å². The van der Waals surface area contributed by atoms with E-state index in [1.165, 1.54) is 12.7 Å². The first-order chi connectivity index (χ1) is 10.2. The van der Waals surface area contributed by atoms with Gasteiger partial charge in [-0.25, -0.2) is 4.39 Å². The van der Waals surface area contributed by atoms with E-state index in [1.54, 1.807) is 12.1 Å². The highest BCUT2D eigenvalue weighted by Crippen LogP contribution is 2.33. The quantitative estimate of drug-likeness (QED) is 0.911.